The van der Waals surface area contributed by atoms with E-state index in [-0.39, 0.29) is 30.2 Å². The van der Waals surface area contributed by atoms with E-state index in [1.165, 1.54) is 12.1 Å². The minimum Gasteiger partial charge on any atom is -0.324 e. The summed E-state index contributed by atoms with van der Waals surface area (Å²) in [5.74, 6) is -0.278. The smallest absolute Gasteiger partial charge is 0.238 e. The van der Waals surface area contributed by atoms with E-state index in [2.05, 4.69) is 10.6 Å². The second-order valence-electron chi connectivity index (χ2n) is 5.83. The van der Waals surface area contributed by atoms with Gasteiger partial charge in [-0.15, -0.1) is 0 Å². The SMILES string of the molecule is CC(C)[C@H](NCC(=O)Nc1cc(Cl)ccc1Cl)c1ccc(F)cc1. The molecule has 6 heteroatoms. The van der Waals surface area contributed by atoms with Gasteiger partial charge in [0, 0.05) is 11.1 Å². The van der Waals surface area contributed by atoms with E-state index in [0.717, 1.165) is 5.56 Å². The first-order valence-corrected chi connectivity index (χ1v) is 8.36. The highest BCUT2D eigenvalue weighted by Gasteiger charge is 2.17. The Hall–Kier alpha value is -1.62. The number of nitrogens with one attached hydrogen (secondary N) is 2. The lowest BCUT2D eigenvalue weighted by molar-refractivity contribution is -0.115. The molecule has 0 aliphatic heterocycles. The number of hydrogen-bond acceptors (Lipinski definition) is 2. The van der Waals surface area contributed by atoms with Crippen LogP contribution in [0.5, 0.6) is 0 Å². The molecule has 0 radical (unpaired) electrons. The van der Waals surface area contributed by atoms with Gasteiger partial charge in [-0.2, -0.15) is 0 Å². The van der Waals surface area contributed by atoms with Gasteiger partial charge in [0.05, 0.1) is 17.3 Å². The summed E-state index contributed by atoms with van der Waals surface area (Å²) in [4.78, 5) is 12.2. The molecule has 0 aromatic heterocycles. The van der Waals surface area contributed by atoms with Crippen LogP contribution in [0, 0.1) is 11.7 Å². The van der Waals surface area contributed by atoms with Gasteiger partial charge in [0.2, 0.25) is 5.91 Å². The average Bonchev–Trinajstić information content (AvgIpc) is 2.52. The monoisotopic (exact) mass is 368 g/mol. The van der Waals surface area contributed by atoms with E-state index >= 15 is 0 Å². The molecule has 0 unspecified atom stereocenters. The van der Waals surface area contributed by atoms with Crippen molar-refractivity contribution in [1.82, 2.24) is 5.32 Å². The zero-order chi connectivity index (χ0) is 17.7. The number of anilines is 1. The fourth-order valence-electron chi connectivity index (χ4n) is 2.40. The molecule has 24 heavy (non-hydrogen) atoms. The van der Waals surface area contributed by atoms with Crippen LogP contribution in [0.25, 0.3) is 0 Å². The Bertz CT molecular complexity index is 705. The number of halogens is 3. The van der Waals surface area contributed by atoms with Crippen LogP contribution >= 0.6 is 23.2 Å². The Balaban J connectivity index is 2.00. The number of amides is 1. The number of rotatable bonds is 6. The van der Waals surface area contributed by atoms with Crippen molar-refractivity contribution in [3.05, 3.63) is 63.9 Å². The highest BCUT2D eigenvalue weighted by atomic mass is 35.5. The first-order valence-electron chi connectivity index (χ1n) is 7.60. The van der Waals surface area contributed by atoms with Crippen LogP contribution in [0.2, 0.25) is 10.0 Å². The van der Waals surface area contributed by atoms with Crippen molar-refractivity contribution < 1.29 is 9.18 Å². The van der Waals surface area contributed by atoms with Crippen LogP contribution in [-0.2, 0) is 4.79 Å². The van der Waals surface area contributed by atoms with Gasteiger partial charge in [-0.1, -0.05) is 49.2 Å². The first-order chi connectivity index (χ1) is 11.4. The van der Waals surface area contributed by atoms with Gasteiger partial charge in [-0.25, -0.2) is 4.39 Å². The topological polar surface area (TPSA) is 41.1 Å². The van der Waals surface area contributed by atoms with Crippen LogP contribution < -0.4 is 10.6 Å². The third-order valence-electron chi connectivity index (χ3n) is 3.58. The van der Waals surface area contributed by atoms with Crippen molar-refractivity contribution >= 4 is 34.8 Å². The molecular weight excluding hydrogens is 350 g/mol. The molecule has 1 amide bonds. The van der Waals surface area contributed by atoms with Gasteiger partial charge in [-0.3, -0.25) is 4.79 Å². The Labute approximate surface area is 151 Å². The maximum atomic E-state index is 13.1. The van der Waals surface area contributed by atoms with Crippen molar-refractivity contribution in [3.8, 4) is 0 Å². The van der Waals surface area contributed by atoms with E-state index in [1.807, 2.05) is 13.8 Å². The van der Waals surface area contributed by atoms with E-state index in [1.54, 1.807) is 30.3 Å². The van der Waals surface area contributed by atoms with Crippen LogP contribution in [0.15, 0.2) is 42.5 Å². The number of carbonyl (C=O) groups excluding carboxylic acids is 1. The highest BCUT2D eigenvalue weighted by molar-refractivity contribution is 6.35. The fourth-order valence-corrected chi connectivity index (χ4v) is 2.74. The lowest BCUT2D eigenvalue weighted by Gasteiger charge is -2.23. The Kier molecular flexibility index (Phi) is 6.60. The summed E-state index contributed by atoms with van der Waals surface area (Å²) in [5, 5.41) is 6.84. The lowest BCUT2D eigenvalue weighted by atomic mass is 9.96. The predicted octanol–water partition coefficient (Wildman–Crippen LogP) is 5.06. The summed E-state index contributed by atoms with van der Waals surface area (Å²) in [6, 6.07) is 11.1. The standard InChI is InChI=1S/C18H19Cl2FN2O/c1-11(2)18(12-3-6-14(21)7-4-12)22-10-17(24)23-16-9-13(19)5-8-15(16)20/h3-9,11,18,22H,10H2,1-2H3,(H,23,24)/t18-/m0/s1. The molecule has 0 saturated carbocycles. The summed E-state index contributed by atoms with van der Waals surface area (Å²) in [6.07, 6.45) is 0. The molecular formula is C18H19Cl2FN2O. The molecule has 2 aromatic rings. The second kappa shape index (κ2) is 8.47. The Morgan fingerprint density at radius 3 is 2.42 bits per heavy atom. The molecule has 0 aliphatic rings. The van der Waals surface area contributed by atoms with Crippen molar-refractivity contribution in [2.75, 3.05) is 11.9 Å². The Morgan fingerprint density at radius 1 is 1.12 bits per heavy atom. The van der Waals surface area contributed by atoms with Gasteiger partial charge < -0.3 is 10.6 Å². The van der Waals surface area contributed by atoms with Crippen molar-refractivity contribution in [1.29, 1.82) is 0 Å². The van der Waals surface area contributed by atoms with Crippen LogP contribution in [-0.4, -0.2) is 12.5 Å². The van der Waals surface area contributed by atoms with Gasteiger partial charge in [0.25, 0.3) is 0 Å². The third-order valence-corrected chi connectivity index (χ3v) is 4.15. The third kappa shape index (κ3) is 5.20. The van der Waals surface area contributed by atoms with Gasteiger partial charge in [0.15, 0.2) is 0 Å². The summed E-state index contributed by atoms with van der Waals surface area (Å²) in [5.41, 5.74) is 1.40. The van der Waals surface area contributed by atoms with Crippen molar-refractivity contribution in [3.63, 3.8) is 0 Å². The van der Waals surface area contributed by atoms with Crippen molar-refractivity contribution in [2.24, 2.45) is 5.92 Å². The van der Waals surface area contributed by atoms with Crippen LogP contribution in [0.4, 0.5) is 10.1 Å². The molecule has 0 bridgehead atoms. The molecule has 0 heterocycles. The lowest BCUT2D eigenvalue weighted by Crippen LogP contribution is -2.33. The summed E-state index contributed by atoms with van der Waals surface area (Å²) in [6.45, 7) is 4.17. The Morgan fingerprint density at radius 2 is 1.79 bits per heavy atom. The quantitative estimate of drug-likeness (QED) is 0.748. The van der Waals surface area contributed by atoms with Gasteiger partial charge in [-0.05, 0) is 41.8 Å². The van der Waals surface area contributed by atoms with Crippen LogP contribution in [0.1, 0.15) is 25.5 Å². The average molecular weight is 369 g/mol. The summed E-state index contributed by atoms with van der Waals surface area (Å²) >= 11 is 11.9. The first kappa shape index (κ1) is 18.7. The van der Waals surface area contributed by atoms with Crippen LogP contribution in [0.3, 0.4) is 0 Å². The molecule has 0 spiro atoms. The molecule has 0 aliphatic carbocycles. The minimum absolute atomic E-state index is 0.0637. The fraction of sp³-hybridized carbons (Fsp3) is 0.278. The molecule has 3 nitrogen and oxygen atoms in total. The summed E-state index contributed by atoms with van der Waals surface area (Å²) < 4.78 is 13.1. The largest absolute Gasteiger partial charge is 0.324 e. The minimum atomic E-state index is -0.283. The molecule has 1 atom stereocenters. The van der Waals surface area contributed by atoms with Gasteiger partial charge in [0.1, 0.15) is 5.82 Å². The van der Waals surface area contributed by atoms with Crippen molar-refractivity contribution in [2.45, 2.75) is 19.9 Å². The summed E-state index contributed by atoms with van der Waals surface area (Å²) in [7, 11) is 0. The number of benzene rings is 2. The molecule has 0 fully saturated rings. The predicted molar refractivity (Wildman–Crippen MR) is 97.1 cm³/mol. The van der Waals surface area contributed by atoms with E-state index in [9.17, 15) is 9.18 Å². The number of hydrogen-bond donors (Lipinski definition) is 2. The molecule has 0 saturated heterocycles. The molecule has 2 rings (SSSR count). The van der Waals surface area contributed by atoms with E-state index in [0.29, 0.717) is 15.7 Å². The van der Waals surface area contributed by atoms with Gasteiger partial charge >= 0.3 is 0 Å². The molecule has 2 N–H and O–H groups in total. The molecule has 128 valence electrons. The molecule has 2 aromatic carbocycles. The van der Waals surface area contributed by atoms with E-state index in [4.69, 9.17) is 23.2 Å². The second-order valence-corrected chi connectivity index (χ2v) is 6.67. The zero-order valence-corrected chi connectivity index (χ0v) is 15.0. The number of carbonyl (C=O) groups is 1. The normalized spacial score (nSPS) is 12.2. The maximum absolute atomic E-state index is 13.1. The zero-order valence-electron chi connectivity index (χ0n) is 13.4. The maximum Gasteiger partial charge on any atom is 0.238 e. The highest BCUT2D eigenvalue weighted by Crippen LogP contribution is 2.25. The van der Waals surface area contributed by atoms with E-state index < -0.39 is 0 Å².